The SMILES string of the molecule is COc1ccc(NC(=O)CC(=O)N2N=C(C)C(C(=O)Nc3ccccc3)C2c2ccccc2Cl)cc1. The number of ether oxygens (including phenoxy) is 1. The van der Waals surface area contributed by atoms with E-state index in [1.165, 1.54) is 5.01 Å². The average molecular weight is 505 g/mol. The molecule has 3 aromatic carbocycles. The fourth-order valence-corrected chi connectivity index (χ4v) is 4.32. The number of benzene rings is 3. The number of nitrogens with zero attached hydrogens (tertiary/aromatic N) is 2. The van der Waals surface area contributed by atoms with Gasteiger partial charge in [-0.15, -0.1) is 0 Å². The van der Waals surface area contributed by atoms with Crippen LogP contribution in [0.25, 0.3) is 0 Å². The summed E-state index contributed by atoms with van der Waals surface area (Å²) in [5.74, 6) is -1.54. The summed E-state index contributed by atoms with van der Waals surface area (Å²) in [6, 6.07) is 22.0. The van der Waals surface area contributed by atoms with Crippen molar-refractivity contribution in [2.24, 2.45) is 11.0 Å². The molecule has 184 valence electrons. The second kappa shape index (κ2) is 11.0. The summed E-state index contributed by atoms with van der Waals surface area (Å²) < 4.78 is 5.11. The zero-order valence-electron chi connectivity index (χ0n) is 19.8. The van der Waals surface area contributed by atoms with Gasteiger partial charge < -0.3 is 15.4 Å². The first-order valence-corrected chi connectivity index (χ1v) is 11.7. The maximum atomic E-state index is 13.3. The predicted octanol–water partition coefficient (Wildman–Crippen LogP) is 4.89. The van der Waals surface area contributed by atoms with Gasteiger partial charge in [-0.2, -0.15) is 5.10 Å². The molecule has 0 aromatic heterocycles. The minimum Gasteiger partial charge on any atom is -0.497 e. The van der Waals surface area contributed by atoms with E-state index in [1.54, 1.807) is 74.7 Å². The molecule has 3 aromatic rings. The number of amides is 3. The number of hydrogen-bond donors (Lipinski definition) is 2. The highest BCUT2D eigenvalue weighted by molar-refractivity contribution is 6.31. The molecule has 8 nitrogen and oxygen atoms in total. The Hall–Kier alpha value is -4.17. The molecule has 9 heteroatoms. The molecule has 0 radical (unpaired) electrons. The van der Waals surface area contributed by atoms with Gasteiger partial charge in [-0.05, 0) is 55.0 Å². The van der Waals surface area contributed by atoms with Crippen LogP contribution >= 0.6 is 11.6 Å². The Morgan fingerprint density at radius 1 is 0.917 bits per heavy atom. The number of halogens is 1. The number of anilines is 2. The molecule has 1 aliphatic heterocycles. The smallest absolute Gasteiger partial charge is 0.252 e. The van der Waals surface area contributed by atoms with E-state index in [4.69, 9.17) is 16.3 Å². The minimum atomic E-state index is -0.802. The minimum absolute atomic E-state index is 0.328. The summed E-state index contributed by atoms with van der Waals surface area (Å²) in [4.78, 5) is 39.3. The molecular weight excluding hydrogens is 480 g/mol. The molecule has 0 fully saturated rings. The van der Waals surface area contributed by atoms with Gasteiger partial charge in [-0.1, -0.05) is 48.0 Å². The molecule has 1 heterocycles. The monoisotopic (exact) mass is 504 g/mol. The van der Waals surface area contributed by atoms with E-state index in [1.807, 2.05) is 18.2 Å². The van der Waals surface area contributed by atoms with E-state index in [9.17, 15) is 14.4 Å². The summed E-state index contributed by atoms with van der Waals surface area (Å²) >= 11 is 6.48. The van der Waals surface area contributed by atoms with E-state index < -0.39 is 30.2 Å². The lowest BCUT2D eigenvalue weighted by Crippen LogP contribution is -2.37. The van der Waals surface area contributed by atoms with Crippen LogP contribution in [0.5, 0.6) is 5.75 Å². The Bertz CT molecular complexity index is 1290. The number of carbonyl (C=O) groups is 3. The fourth-order valence-electron chi connectivity index (χ4n) is 4.07. The number of rotatable bonds is 7. The molecular formula is C27H25ClN4O4. The van der Waals surface area contributed by atoms with Crippen molar-refractivity contribution in [1.29, 1.82) is 0 Å². The van der Waals surface area contributed by atoms with Crippen molar-refractivity contribution in [2.45, 2.75) is 19.4 Å². The van der Waals surface area contributed by atoms with Crippen molar-refractivity contribution in [3.05, 3.63) is 89.4 Å². The van der Waals surface area contributed by atoms with E-state index in [2.05, 4.69) is 15.7 Å². The van der Waals surface area contributed by atoms with Gasteiger partial charge >= 0.3 is 0 Å². The lowest BCUT2D eigenvalue weighted by atomic mass is 9.89. The second-order valence-corrected chi connectivity index (χ2v) is 8.64. The van der Waals surface area contributed by atoms with Crippen molar-refractivity contribution < 1.29 is 19.1 Å². The number of carbonyl (C=O) groups excluding carboxylic acids is 3. The van der Waals surface area contributed by atoms with Gasteiger partial charge in [0.1, 0.15) is 18.1 Å². The van der Waals surface area contributed by atoms with Crippen molar-refractivity contribution in [2.75, 3.05) is 17.7 Å². The van der Waals surface area contributed by atoms with Crippen LogP contribution in [0.2, 0.25) is 5.02 Å². The van der Waals surface area contributed by atoms with Gasteiger partial charge in [0.15, 0.2) is 0 Å². The van der Waals surface area contributed by atoms with E-state index in [-0.39, 0.29) is 5.91 Å². The normalized spacial score (nSPS) is 16.8. The highest BCUT2D eigenvalue weighted by atomic mass is 35.5. The Kier molecular flexibility index (Phi) is 7.65. The van der Waals surface area contributed by atoms with Crippen LogP contribution in [-0.2, 0) is 14.4 Å². The van der Waals surface area contributed by atoms with Crippen molar-refractivity contribution in [1.82, 2.24) is 5.01 Å². The standard InChI is InChI=1S/C27H25ClN4O4/c1-17-25(27(35)30-18-8-4-3-5-9-18)26(21-10-6-7-11-22(21)28)32(31-17)24(34)16-23(33)29-19-12-14-20(36-2)15-13-19/h3-15,25-26H,16H2,1-2H3,(H,29,33)(H,30,35). The van der Waals surface area contributed by atoms with Crippen LogP contribution in [0, 0.1) is 5.92 Å². The summed E-state index contributed by atoms with van der Waals surface area (Å²) in [6.45, 7) is 1.68. The fraction of sp³-hybridized carbons (Fsp3) is 0.185. The predicted molar refractivity (Wildman–Crippen MR) is 139 cm³/mol. The Morgan fingerprint density at radius 3 is 2.22 bits per heavy atom. The average Bonchev–Trinajstić information content (AvgIpc) is 3.22. The van der Waals surface area contributed by atoms with Crippen LogP contribution in [0.3, 0.4) is 0 Å². The number of para-hydroxylation sites is 1. The zero-order valence-corrected chi connectivity index (χ0v) is 20.5. The molecule has 2 atom stereocenters. The summed E-state index contributed by atoms with van der Waals surface area (Å²) in [6.07, 6.45) is -0.462. The lowest BCUT2D eigenvalue weighted by molar-refractivity contribution is -0.137. The molecule has 2 unspecified atom stereocenters. The highest BCUT2D eigenvalue weighted by Gasteiger charge is 2.44. The van der Waals surface area contributed by atoms with E-state index in [0.29, 0.717) is 33.4 Å². The summed E-state index contributed by atoms with van der Waals surface area (Å²) in [5.41, 5.74) is 2.16. The second-order valence-electron chi connectivity index (χ2n) is 8.23. The van der Waals surface area contributed by atoms with Crippen LogP contribution in [-0.4, -0.2) is 35.6 Å². The number of hydrogen-bond acceptors (Lipinski definition) is 5. The van der Waals surface area contributed by atoms with Crippen LogP contribution in [0.15, 0.2) is 84.0 Å². The molecule has 36 heavy (non-hydrogen) atoms. The molecule has 0 saturated carbocycles. The maximum absolute atomic E-state index is 13.3. The molecule has 0 spiro atoms. The molecule has 4 rings (SSSR count). The number of methoxy groups -OCH3 is 1. The van der Waals surface area contributed by atoms with Gasteiger partial charge in [0, 0.05) is 16.4 Å². The molecule has 0 saturated heterocycles. The van der Waals surface area contributed by atoms with Gasteiger partial charge in [0.2, 0.25) is 11.8 Å². The van der Waals surface area contributed by atoms with E-state index >= 15 is 0 Å². The summed E-state index contributed by atoms with van der Waals surface area (Å²) in [7, 11) is 1.55. The van der Waals surface area contributed by atoms with Crippen molar-refractivity contribution in [3.8, 4) is 5.75 Å². The summed E-state index contributed by atoms with van der Waals surface area (Å²) in [5, 5.41) is 11.6. The molecule has 1 aliphatic rings. The first-order valence-electron chi connectivity index (χ1n) is 11.3. The van der Waals surface area contributed by atoms with E-state index in [0.717, 1.165) is 0 Å². The van der Waals surface area contributed by atoms with Gasteiger partial charge in [0.25, 0.3) is 5.91 Å². The quantitative estimate of drug-likeness (QED) is 0.447. The van der Waals surface area contributed by atoms with Crippen molar-refractivity contribution in [3.63, 3.8) is 0 Å². The third-order valence-electron chi connectivity index (χ3n) is 5.78. The van der Waals surface area contributed by atoms with Gasteiger partial charge in [-0.3, -0.25) is 14.4 Å². The number of hydrazone groups is 1. The first-order chi connectivity index (χ1) is 17.4. The van der Waals surface area contributed by atoms with Gasteiger partial charge in [-0.25, -0.2) is 5.01 Å². The topological polar surface area (TPSA) is 100 Å². The molecule has 3 amide bonds. The molecule has 2 N–H and O–H groups in total. The van der Waals surface area contributed by atoms with Crippen LogP contribution in [0.4, 0.5) is 11.4 Å². The lowest BCUT2D eigenvalue weighted by Gasteiger charge is -2.27. The van der Waals surface area contributed by atoms with Crippen LogP contribution < -0.4 is 15.4 Å². The maximum Gasteiger partial charge on any atom is 0.252 e. The third-order valence-corrected chi connectivity index (χ3v) is 6.13. The third kappa shape index (κ3) is 5.55. The Labute approximate surface area is 213 Å². The van der Waals surface area contributed by atoms with Gasteiger partial charge in [0.05, 0.1) is 18.9 Å². The zero-order chi connectivity index (χ0) is 25.7. The largest absolute Gasteiger partial charge is 0.497 e. The molecule has 0 bridgehead atoms. The van der Waals surface area contributed by atoms with Crippen LogP contribution in [0.1, 0.15) is 24.9 Å². The highest BCUT2D eigenvalue weighted by Crippen LogP contribution is 2.40. The molecule has 0 aliphatic carbocycles. The van der Waals surface area contributed by atoms with Crippen molar-refractivity contribution >= 4 is 46.4 Å². The Balaban J connectivity index is 1.56. The Morgan fingerprint density at radius 2 is 1.56 bits per heavy atom. The first kappa shape index (κ1) is 24.9. The number of nitrogens with one attached hydrogen (secondary N) is 2.